The molecule has 1 atom stereocenters. The molecule has 2 aromatic rings. The third-order valence-corrected chi connectivity index (χ3v) is 4.17. The maximum absolute atomic E-state index is 11.7. The van der Waals surface area contributed by atoms with Gasteiger partial charge < -0.3 is 9.09 Å². The molecule has 0 aliphatic carbocycles. The van der Waals surface area contributed by atoms with E-state index in [1.807, 2.05) is 26.1 Å². The highest BCUT2D eigenvalue weighted by molar-refractivity contribution is 5.12. The normalized spacial score (nSPS) is 19.2. The molecule has 0 saturated carbocycles. The van der Waals surface area contributed by atoms with Crippen LogP contribution in [0.25, 0.3) is 0 Å². The Labute approximate surface area is 129 Å². The van der Waals surface area contributed by atoms with Gasteiger partial charge in [0.25, 0.3) is 5.56 Å². The highest BCUT2D eigenvalue weighted by Gasteiger charge is 2.30. The molecule has 3 rings (SSSR count). The first kappa shape index (κ1) is 15.0. The molecule has 1 saturated heterocycles. The Morgan fingerprint density at radius 3 is 2.95 bits per heavy atom. The Kier molecular flexibility index (Phi) is 4.11. The van der Waals surface area contributed by atoms with Crippen molar-refractivity contribution in [2.45, 2.75) is 45.2 Å². The van der Waals surface area contributed by atoms with Crippen LogP contribution in [0.5, 0.6) is 0 Å². The third kappa shape index (κ3) is 2.97. The number of rotatable bonds is 4. The minimum atomic E-state index is 0.0231. The Balaban J connectivity index is 1.77. The average Bonchev–Trinajstić information content (AvgIpc) is 3.11. The zero-order valence-corrected chi connectivity index (χ0v) is 13.3. The van der Waals surface area contributed by atoms with E-state index in [0.29, 0.717) is 5.89 Å². The fourth-order valence-electron chi connectivity index (χ4n) is 2.85. The fourth-order valence-corrected chi connectivity index (χ4v) is 2.85. The molecule has 0 bridgehead atoms. The van der Waals surface area contributed by atoms with Crippen molar-refractivity contribution in [1.82, 2.24) is 19.6 Å². The van der Waals surface area contributed by atoms with Gasteiger partial charge in [0.1, 0.15) is 0 Å². The van der Waals surface area contributed by atoms with Crippen LogP contribution in [0.3, 0.4) is 0 Å². The van der Waals surface area contributed by atoms with E-state index in [0.717, 1.165) is 37.3 Å². The van der Waals surface area contributed by atoms with Crippen LogP contribution in [-0.2, 0) is 13.6 Å². The Bertz CT molecular complexity index is 704. The zero-order valence-electron chi connectivity index (χ0n) is 13.3. The van der Waals surface area contributed by atoms with Gasteiger partial charge in [0, 0.05) is 31.8 Å². The number of aryl methyl sites for hydroxylation is 1. The minimum absolute atomic E-state index is 0.0231. The number of nitrogens with zero attached hydrogens (tertiary/aromatic N) is 4. The Morgan fingerprint density at radius 1 is 1.45 bits per heavy atom. The first-order valence-electron chi connectivity index (χ1n) is 7.77. The molecular formula is C16H22N4O2. The molecule has 6 heteroatoms. The number of hydrogen-bond acceptors (Lipinski definition) is 5. The molecule has 1 aliphatic heterocycles. The van der Waals surface area contributed by atoms with Gasteiger partial charge in [0.05, 0.1) is 6.04 Å². The average molecular weight is 302 g/mol. The summed E-state index contributed by atoms with van der Waals surface area (Å²) in [7, 11) is 1.76. The summed E-state index contributed by atoms with van der Waals surface area (Å²) in [5, 5.41) is 4.15. The van der Waals surface area contributed by atoms with Gasteiger partial charge in [-0.15, -0.1) is 0 Å². The summed E-state index contributed by atoms with van der Waals surface area (Å²) in [4.78, 5) is 18.6. The van der Waals surface area contributed by atoms with Gasteiger partial charge in [-0.25, -0.2) is 0 Å². The van der Waals surface area contributed by atoms with E-state index in [2.05, 4.69) is 15.0 Å². The summed E-state index contributed by atoms with van der Waals surface area (Å²) in [5.41, 5.74) is 1.05. The van der Waals surface area contributed by atoms with Crippen LogP contribution in [0.15, 0.2) is 27.6 Å². The van der Waals surface area contributed by atoms with Crippen molar-refractivity contribution in [3.63, 3.8) is 0 Å². The van der Waals surface area contributed by atoms with Gasteiger partial charge in [-0.3, -0.25) is 9.69 Å². The van der Waals surface area contributed by atoms with Crippen LogP contribution in [0.4, 0.5) is 0 Å². The smallest absolute Gasteiger partial charge is 0.250 e. The molecule has 1 aliphatic rings. The number of pyridine rings is 1. The van der Waals surface area contributed by atoms with Crippen LogP contribution in [0.1, 0.15) is 55.9 Å². The van der Waals surface area contributed by atoms with E-state index < -0.39 is 0 Å². The molecule has 0 N–H and O–H groups in total. The van der Waals surface area contributed by atoms with Gasteiger partial charge in [0.2, 0.25) is 5.89 Å². The lowest BCUT2D eigenvalue weighted by Gasteiger charge is -2.21. The molecule has 22 heavy (non-hydrogen) atoms. The van der Waals surface area contributed by atoms with Crippen LogP contribution < -0.4 is 5.56 Å². The van der Waals surface area contributed by atoms with Gasteiger partial charge in [-0.05, 0) is 31.0 Å². The van der Waals surface area contributed by atoms with Crippen molar-refractivity contribution in [1.29, 1.82) is 0 Å². The van der Waals surface area contributed by atoms with Crippen LogP contribution in [0, 0.1) is 0 Å². The third-order valence-electron chi connectivity index (χ3n) is 4.17. The highest BCUT2D eigenvalue weighted by atomic mass is 16.5. The molecule has 0 amide bonds. The van der Waals surface area contributed by atoms with Crippen molar-refractivity contribution < 1.29 is 4.52 Å². The van der Waals surface area contributed by atoms with Crippen molar-refractivity contribution in [3.8, 4) is 0 Å². The van der Waals surface area contributed by atoms with E-state index in [-0.39, 0.29) is 17.5 Å². The second-order valence-electron chi connectivity index (χ2n) is 6.26. The number of hydrogen-bond donors (Lipinski definition) is 0. The summed E-state index contributed by atoms with van der Waals surface area (Å²) in [6.45, 7) is 5.82. The van der Waals surface area contributed by atoms with Gasteiger partial charge in [0.15, 0.2) is 5.82 Å². The summed E-state index contributed by atoms with van der Waals surface area (Å²) >= 11 is 0. The second-order valence-corrected chi connectivity index (χ2v) is 6.26. The molecule has 0 aromatic carbocycles. The van der Waals surface area contributed by atoms with Crippen LogP contribution >= 0.6 is 0 Å². The maximum Gasteiger partial charge on any atom is 0.250 e. The fraction of sp³-hybridized carbons (Fsp3) is 0.562. The SMILES string of the molecule is CC(C)c1nc(C2CCCN2Cc2ccn(C)c(=O)c2)no1. The molecule has 0 radical (unpaired) electrons. The summed E-state index contributed by atoms with van der Waals surface area (Å²) in [5.74, 6) is 1.70. The van der Waals surface area contributed by atoms with Gasteiger partial charge >= 0.3 is 0 Å². The lowest BCUT2D eigenvalue weighted by atomic mass is 10.2. The van der Waals surface area contributed by atoms with E-state index in [4.69, 9.17) is 4.52 Å². The lowest BCUT2D eigenvalue weighted by molar-refractivity contribution is 0.233. The van der Waals surface area contributed by atoms with Crippen molar-refractivity contribution >= 4 is 0 Å². The molecule has 2 aromatic heterocycles. The van der Waals surface area contributed by atoms with Crippen molar-refractivity contribution in [3.05, 3.63) is 46.0 Å². The van der Waals surface area contributed by atoms with Gasteiger partial charge in [-0.1, -0.05) is 19.0 Å². The monoisotopic (exact) mass is 302 g/mol. The molecular weight excluding hydrogens is 280 g/mol. The van der Waals surface area contributed by atoms with E-state index in [9.17, 15) is 4.79 Å². The number of likely N-dealkylation sites (tertiary alicyclic amines) is 1. The predicted octanol–water partition coefficient (Wildman–Crippen LogP) is 2.23. The summed E-state index contributed by atoms with van der Waals surface area (Å²) in [6.07, 6.45) is 3.96. The van der Waals surface area contributed by atoms with Crippen LogP contribution in [0.2, 0.25) is 0 Å². The predicted molar refractivity (Wildman–Crippen MR) is 82.5 cm³/mol. The van der Waals surface area contributed by atoms with E-state index in [1.165, 1.54) is 0 Å². The zero-order chi connectivity index (χ0) is 15.7. The maximum atomic E-state index is 11.7. The van der Waals surface area contributed by atoms with Crippen LogP contribution in [-0.4, -0.2) is 26.2 Å². The van der Waals surface area contributed by atoms with E-state index in [1.54, 1.807) is 17.7 Å². The lowest BCUT2D eigenvalue weighted by Crippen LogP contribution is -2.25. The van der Waals surface area contributed by atoms with Crippen molar-refractivity contribution in [2.75, 3.05) is 6.54 Å². The summed E-state index contributed by atoms with van der Waals surface area (Å²) < 4.78 is 6.91. The Morgan fingerprint density at radius 2 is 2.27 bits per heavy atom. The molecule has 0 spiro atoms. The standard InChI is InChI=1S/C16H22N4O2/c1-11(2)16-17-15(18-22-16)13-5-4-7-20(13)10-12-6-8-19(3)14(21)9-12/h6,8-9,11,13H,4-5,7,10H2,1-3H3. The molecule has 118 valence electrons. The summed E-state index contributed by atoms with van der Waals surface area (Å²) in [6, 6.07) is 3.87. The minimum Gasteiger partial charge on any atom is -0.339 e. The molecule has 1 unspecified atom stereocenters. The second kappa shape index (κ2) is 6.04. The largest absolute Gasteiger partial charge is 0.339 e. The highest BCUT2D eigenvalue weighted by Crippen LogP contribution is 2.31. The topological polar surface area (TPSA) is 64.2 Å². The first-order valence-corrected chi connectivity index (χ1v) is 7.77. The van der Waals surface area contributed by atoms with E-state index >= 15 is 0 Å². The quantitative estimate of drug-likeness (QED) is 0.866. The van der Waals surface area contributed by atoms with Crippen molar-refractivity contribution in [2.24, 2.45) is 7.05 Å². The van der Waals surface area contributed by atoms with Gasteiger partial charge in [-0.2, -0.15) is 4.98 Å². The molecule has 6 nitrogen and oxygen atoms in total. The molecule has 3 heterocycles. The first-order chi connectivity index (χ1) is 10.5. The number of aromatic nitrogens is 3. The Hall–Kier alpha value is -1.95. The molecule has 1 fully saturated rings.